The molecule has 0 aliphatic carbocycles. The quantitative estimate of drug-likeness (QED) is 0.0243. The van der Waals surface area contributed by atoms with E-state index in [1.807, 2.05) is 27.2 Å². The molecule has 0 rings (SSSR count). The Kier molecular flexibility index (Phi) is 46.3. The van der Waals surface area contributed by atoms with Crippen LogP contribution in [-0.2, 0) is 18.4 Å². The first-order valence-corrected chi connectivity index (χ1v) is 29.2. The number of hydrogen-bond acceptors (Lipinski definition) is 5. The van der Waals surface area contributed by atoms with E-state index in [4.69, 9.17) is 9.05 Å². The number of carbonyl (C=O) groups is 1. The molecule has 0 saturated heterocycles. The molecule has 0 spiro atoms. The summed E-state index contributed by atoms with van der Waals surface area (Å²) >= 11 is 0. The Labute approximate surface area is 398 Å². The molecule has 3 unspecified atom stereocenters. The van der Waals surface area contributed by atoms with E-state index >= 15 is 0 Å². The summed E-state index contributed by atoms with van der Waals surface area (Å²) < 4.78 is 23.7. The van der Waals surface area contributed by atoms with Gasteiger partial charge >= 0.3 is 7.82 Å². The standard InChI is InChI=1S/C55H109N2O6P/c1-6-8-10-12-14-16-18-20-22-24-25-26-27-28-29-30-31-33-34-36-38-40-42-44-46-48-54(58)53(52-63-64(60,61)62-51-50-57(3,4)5)56-55(59)49-47-45-43-41-39-37-35-32-23-21-19-17-15-13-11-9-7-2/h38,40,46,48,53-54,58H,6-37,39,41-45,47,49-52H2,1-5H3,(H-,56,59,60,61)/p+1/b40-38+,48-46+. The van der Waals surface area contributed by atoms with Gasteiger partial charge in [0, 0.05) is 6.42 Å². The van der Waals surface area contributed by atoms with Gasteiger partial charge in [0.15, 0.2) is 0 Å². The first-order chi connectivity index (χ1) is 31.0. The van der Waals surface area contributed by atoms with Gasteiger partial charge < -0.3 is 19.8 Å². The number of nitrogens with one attached hydrogen (secondary N) is 1. The van der Waals surface area contributed by atoms with E-state index in [-0.39, 0.29) is 19.1 Å². The van der Waals surface area contributed by atoms with Crippen molar-refractivity contribution in [1.82, 2.24) is 5.32 Å². The van der Waals surface area contributed by atoms with Crippen LogP contribution in [0.3, 0.4) is 0 Å². The van der Waals surface area contributed by atoms with E-state index in [9.17, 15) is 19.4 Å². The van der Waals surface area contributed by atoms with Gasteiger partial charge in [0.2, 0.25) is 5.91 Å². The van der Waals surface area contributed by atoms with E-state index < -0.39 is 20.0 Å². The average Bonchev–Trinajstić information content (AvgIpc) is 3.25. The number of nitrogens with zero attached hydrogens (tertiary/aromatic N) is 1. The number of phosphoric acid groups is 1. The van der Waals surface area contributed by atoms with Crippen molar-refractivity contribution >= 4 is 13.7 Å². The van der Waals surface area contributed by atoms with Crippen LogP contribution in [0.1, 0.15) is 271 Å². The SMILES string of the molecule is CCCCCCCCCCCCCCCCCCCCC/C=C/CC/C=C/C(O)C(COP(=O)(O)OCC[N+](C)(C)C)NC(=O)CCCCCCCCCCCCCCCCCCC. The van der Waals surface area contributed by atoms with Gasteiger partial charge in [0.1, 0.15) is 13.2 Å². The second-order valence-electron chi connectivity index (χ2n) is 20.3. The van der Waals surface area contributed by atoms with Crippen LogP contribution in [0.25, 0.3) is 0 Å². The van der Waals surface area contributed by atoms with Crippen LogP contribution in [0.2, 0.25) is 0 Å². The number of quaternary nitrogens is 1. The third kappa shape index (κ3) is 48.9. The molecule has 0 radical (unpaired) electrons. The van der Waals surface area contributed by atoms with Crippen LogP contribution in [0.15, 0.2) is 24.3 Å². The lowest BCUT2D eigenvalue weighted by molar-refractivity contribution is -0.870. The maximum absolute atomic E-state index is 12.9. The van der Waals surface area contributed by atoms with Gasteiger partial charge in [-0.05, 0) is 32.1 Å². The Morgan fingerprint density at radius 3 is 1.25 bits per heavy atom. The van der Waals surface area contributed by atoms with Crippen molar-refractivity contribution in [1.29, 1.82) is 0 Å². The van der Waals surface area contributed by atoms with E-state index in [2.05, 4.69) is 31.3 Å². The van der Waals surface area contributed by atoms with Crippen molar-refractivity contribution in [3.8, 4) is 0 Å². The maximum atomic E-state index is 12.9. The summed E-state index contributed by atoms with van der Waals surface area (Å²) in [5.41, 5.74) is 0. The van der Waals surface area contributed by atoms with E-state index in [0.717, 1.165) is 38.5 Å². The van der Waals surface area contributed by atoms with Gasteiger partial charge in [0.25, 0.3) is 0 Å². The molecule has 0 aromatic heterocycles. The monoisotopic (exact) mass is 926 g/mol. The molecule has 3 atom stereocenters. The predicted molar refractivity (Wildman–Crippen MR) is 277 cm³/mol. The molecule has 0 fully saturated rings. The molecule has 380 valence electrons. The van der Waals surface area contributed by atoms with Crippen LogP contribution in [0.4, 0.5) is 0 Å². The zero-order valence-corrected chi connectivity index (χ0v) is 44.2. The summed E-state index contributed by atoms with van der Waals surface area (Å²) in [6.07, 6.45) is 58.5. The topological polar surface area (TPSA) is 105 Å². The number of allylic oxidation sites excluding steroid dienone is 3. The first kappa shape index (κ1) is 63.0. The molecule has 0 aliphatic rings. The number of likely N-dealkylation sites (N-methyl/N-ethyl adjacent to an activating group) is 1. The highest BCUT2D eigenvalue weighted by atomic mass is 31.2. The summed E-state index contributed by atoms with van der Waals surface area (Å²) in [7, 11) is 1.57. The Balaban J connectivity index is 4.25. The molecular formula is C55H110N2O6P+. The minimum Gasteiger partial charge on any atom is -0.387 e. The highest BCUT2D eigenvalue weighted by molar-refractivity contribution is 7.47. The fourth-order valence-corrected chi connectivity index (χ4v) is 9.03. The van der Waals surface area contributed by atoms with Crippen LogP contribution < -0.4 is 5.32 Å². The average molecular weight is 926 g/mol. The van der Waals surface area contributed by atoms with Crippen LogP contribution in [0.5, 0.6) is 0 Å². The van der Waals surface area contributed by atoms with Crippen molar-refractivity contribution in [2.24, 2.45) is 0 Å². The number of aliphatic hydroxyl groups is 1. The second kappa shape index (κ2) is 47.1. The van der Waals surface area contributed by atoms with Crippen molar-refractivity contribution in [3.63, 3.8) is 0 Å². The van der Waals surface area contributed by atoms with Gasteiger partial charge in [-0.2, -0.15) is 0 Å². The number of rotatable bonds is 51. The molecule has 3 N–H and O–H groups in total. The lowest BCUT2D eigenvalue weighted by Crippen LogP contribution is -2.45. The molecule has 1 amide bonds. The van der Waals surface area contributed by atoms with Crippen LogP contribution >= 0.6 is 7.82 Å². The lowest BCUT2D eigenvalue weighted by Gasteiger charge is -2.25. The number of unbranched alkanes of at least 4 members (excludes halogenated alkanes) is 36. The molecule has 64 heavy (non-hydrogen) atoms. The highest BCUT2D eigenvalue weighted by Gasteiger charge is 2.27. The molecule has 8 nitrogen and oxygen atoms in total. The molecule has 0 aromatic rings. The van der Waals surface area contributed by atoms with Gasteiger partial charge in [-0.1, -0.05) is 256 Å². The molecule has 0 aliphatic heterocycles. The zero-order chi connectivity index (χ0) is 47.1. The Morgan fingerprint density at radius 2 is 0.859 bits per heavy atom. The van der Waals surface area contributed by atoms with Crippen LogP contribution in [0, 0.1) is 0 Å². The summed E-state index contributed by atoms with van der Waals surface area (Å²) in [5.74, 6) is -0.182. The first-order valence-electron chi connectivity index (χ1n) is 27.7. The normalized spacial score (nSPS) is 14.2. The minimum absolute atomic E-state index is 0.0587. The minimum atomic E-state index is -4.35. The summed E-state index contributed by atoms with van der Waals surface area (Å²) in [4.78, 5) is 23.2. The number of phosphoric ester groups is 1. The van der Waals surface area contributed by atoms with Crippen molar-refractivity contribution in [3.05, 3.63) is 24.3 Å². The van der Waals surface area contributed by atoms with Crippen LogP contribution in [-0.4, -0.2) is 73.4 Å². The van der Waals surface area contributed by atoms with Crippen molar-refractivity contribution < 1.29 is 32.9 Å². The van der Waals surface area contributed by atoms with Gasteiger partial charge in [-0.25, -0.2) is 4.57 Å². The van der Waals surface area contributed by atoms with E-state index in [1.165, 1.54) is 212 Å². The van der Waals surface area contributed by atoms with Gasteiger partial charge in [-0.15, -0.1) is 0 Å². The number of amides is 1. The smallest absolute Gasteiger partial charge is 0.387 e. The number of aliphatic hydroxyl groups excluding tert-OH is 1. The summed E-state index contributed by atoms with van der Waals surface area (Å²) in [6.45, 7) is 4.83. The lowest BCUT2D eigenvalue weighted by atomic mass is 10.0. The third-order valence-corrected chi connectivity index (χ3v) is 13.7. The number of carbonyl (C=O) groups excluding carboxylic acids is 1. The second-order valence-corrected chi connectivity index (χ2v) is 21.8. The third-order valence-electron chi connectivity index (χ3n) is 12.7. The maximum Gasteiger partial charge on any atom is 0.472 e. The van der Waals surface area contributed by atoms with E-state index in [1.54, 1.807) is 6.08 Å². The molecule has 0 heterocycles. The zero-order valence-electron chi connectivity index (χ0n) is 43.3. The van der Waals surface area contributed by atoms with E-state index in [0.29, 0.717) is 17.4 Å². The van der Waals surface area contributed by atoms with Gasteiger partial charge in [-0.3, -0.25) is 13.8 Å². The number of hydrogen-bond donors (Lipinski definition) is 3. The summed E-state index contributed by atoms with van der Waals surface area (Å²) in [6, 6.07) is -0.859. The van der Waals surface area contributed by atoms with Crippen molar-refractivity contribution in [2.75, 3.05) is 40.9 Å². The Hall–Kier alpha value is -1.02. The molecule has 0 bridgehead atoms. The fourth-order valence-electron chi connectivity index (χ4n) is 8.30. The Morgan fingerprint density at radius 1 is 0.516 bits per heavy atom. The molecule has 0 aromatic carbocycles. The summed E-state index contributed by atoms with van der Waals surface area (Å²) in [5, 5.41) is 13.9. The molecular weight excluding hydrogens is 816 g/mol. The molecule has 0 saturated carbocycles. The fraction of sp³-hybridized carbons (Fsp3) is 0.909. The highest BCUT2D eigenvalue weighted by Crippen LogP contribution is 2.43. The van der Waals surface area contributed by atoms with Crippen molar-refractivity contribution in [2.45, 2.75) is 283 Å². The predicted octanol–water partition coefficient (Wildman–Crippen LogP) is 16.4. The molecule has 9 heteroatoms. The van der Waals surface area contributed by atoms with Gasteiger partial charge in [0.05, 0.1) is 39.9 Å². The Bertz CT molecular complexity index is 1090. The largest absolute Gasteiger partial charge is 0.472 e.